The predicted molar refractivity (Wildman–Crippen MR) is 115 cm³/mol. The lowest BCUT2D eigenvalue weighted by Crippen LogP contribution is -2.28. The predicted octanol–water partition coefficient (Wildman–Crippen LogP) is 4.26. The molecule has 1 aromatic heterocycles. The van der Waals surface area contributed by atoms with E-state index in [-0.39, 0.29) is 4.90 Å². The van der Waals surface area contributed by atoms with Gasteiger partial charge in [0.1, 0.15) is 0 Å². The summed E-state index contributed by atoms with van der Waals surface area (Å²) >= 11 is 0. The zero-order chi connectivity index (χ0) is 20.6. The molecule has 0 aliphatic rings. The Morgan fingerprint density at radius 1 is 0.897 bits per heavy atom. The molecule has 146 valence electrons. The maximum atomic E-state index is 12.1. The molecule has 1 amide bonds. The lowest BCUT2D eigenvalue weighted by Gasteiger charge is -2.14. The van der Waals surface area contributed by atoms with Gasteiger partial charge in [0.25, 0.3) is 10.0 Å². The molecule has 7 heteroatoms. The summed E-state index contributed by atoms with van der Waals surface area (Å²) in [5, 5.41) is 5.37. The highest BCUT2D eigenvalue weighted by molar-refractivity contribution is 7.90. The lowest BCUT2D eigenvalue weighted by molar-refractivity contribution is -0.117. The molecule has 4 aromatic rings. The van der Waals surface area contributed by atoms with Crippen LogP contribution in [0.4, 0.5) is 11.4 Å². The van der Waals surface area contributed by atoms with E-state index in [1.807, 2.05) is 48.0 Å². The Kier molecular flexibility index (Phi) is 4.68. The van der Waals surface area contributed by atoms with Crippen LogP contribution in [0.2, 0.25) is 0 Å². The van der Waals surface area contributed by atoms with Crippen LogP contribution in [0.25, 0.3) is 21.8 Å². The number of hydrogen-bond donors (Lipinski definition) is 2. The number of benzene rings is 3. The number of pyridine rings is 1. The van der Waals surface area contributed by atoms with Gasteiger partial charge in [-0.15, -0.1) is 0 Å². The van der Waals surface area contributed by atoms with E-state index >= 15 is 0 Å². The SMILES string of the molecule is CC(=O)NS(=O)(=O)c1ccc(Nc2c3ccccc3nc3ccc(C)cc23)cc1. The van der Waals surface area contributed by atoms with Crippen molar-refractivity contribution in [3.8, 4) is 0 Å². The van der Waals surface area contributed by atoms with Crippen molar-refractivity contribution in [2.24, 2.45) is 0 Å². The number of anilines is 2. The van der Waals surface area contributed by atoms with E-state index in [1.54, 1.807) is 12.1 Å². The van der Waals surface area contributed by atoms with Gasteiger partial charge in [-0.2, -0.15) is 0 Å². The summed E-state index contributed by atoms with van der Waals surface area (Å²) in [6.07, 6.45) is 0. The number of aryl methyl sites for hydroxylation is 1. The first-order chi connectivity index (χ1) is 13.8. The average molecular weight is 405 g/mol. The molecule has 0 aliphatic carbocycles. The molecular weight excluding hydrogens is 386 g/mol. The maximum Gasteiger partial charge on any atom is 0.264 e. The number of aromatic nitrogens is 1. The molecule has 2 N–H and O–H groups in total. The van der Waals surface area contributed by atoms with Gasteiger partial charge in [-0.25, -0.2) is 18.1 Å². The summed E-state index contributed by atoms with van der Waals surface area (Å²) in [6.45, 7) is 3.19. The number of nitrogens with zero attached hydrogens (tertiary/aromatic N) is 1. The Bertz CT molecular complexity index is 1350. The second kappa shape index (κ2) is 7.18. The monoisotopic (exact) mass is 405 g/mol. The smallest absolute Gasteiger partial charge is 0.264 e. The molecule has 29 heavy (non-hydrogen) atoms. The summed E-state index contributed by atoms with van der Waals surface area (Å²) in [4.78, 5) is 15.9. The zero-order valence-corrected chi connectivity index (χ0v) is 16.7. The van der Waals surface area contributed by atoms with Crippen LogP contribution in [-0.4, -0.2) is 19.3 Å². The Balaban J connectivity index is 1.79. The van der Waals surface area contributed by atoms with Crippen molar-refractivity contribution >= 4 is 49.1 Å². The highest BCUT2D eigenvalue weighted by Crippen LogP contribution is 2.33. The van der Waals surface area contributed by atoms with Crippen molar-refractivity contribution < 1.29 is 13.2 Å². The first kappa shape index (κ1) is 18.9. The summed E-state index contributed by atoms with van der Waals surface area (Å²) in [7, 11) is -3.86. The number of sulfonamides is 1. The third-order valence-corrected chi connectivity index (χ3v) is 6.00. The van der Waals surface area contributed by atoms with Gasteiger partial charge >= 0.3 is 0 Å². The number of hydrogen-bond acceptors (Lipinski definition) is 5. The Morgan fingerprint density at radius 3 is 2.31 bits per heavy atom. The normalized spacial score (nSPS) is 11.5. The highest BCUT2D eigenvalue weighted by atomic mass is 32.2. The fourth-order valence-corrected chi connectivity index (χ4v) is 4.24. The second-order valence-electron chi connectivity index (χ2n) is 6.84. The quantitative estimate of drug-likeness (QED) is 0.495. The van der Waals surface area contributed by atoms with E-state index in [4.69, 9.17) is 4.98 Å². The molecule has 0 bridgehead atoms. The van der Waals surface area contributed by atoms with E-state index in [0.717, 1.165) is 45.7 Å². The molecular formula is C22H19N3O3S. The topological polar surface area (TPSA) is 88.2 Å². The molecule has 0 fully saturated rings. The second-order valence-corrected chi connectivity index (χ2v) is 8.52. The van der Waals surface area contributed by atoms with Crippen LogP contribution in [0, 0.1) is 6.92 Å². The summed E-state index contributed by atoms with van der Waals surface area (Å²) in [6, 6.07) is 20.2. The maximum absolute atomic E-state index is 12.1. The third-order valence-electron chi connectivity index (χ3n) is 4.55. The molecule has 0 saturated carbocycles. The Hall–Kier alpha value is -3.45. The van der Waals surface area contributed by atoms with E-state index in [1.165, 1.54) is 12.1 Å². The molecule has 0 saturated heterocycles. The van der Waals surface area contributed by atoms with Gasteiger partial charge in [0.05, 0.1) is 21.6 Å². The van der Waals surface area contributed by atoms with E-state index in [0.29, 0.717) is 0 Å². The first-order valence-corrected chi connectivity index (χ1v) is 10.5. The van der Waals surface area contributed by atoms with Crippen molar-refractivity contribution in [1.82, 2.24) is 9.71 Å². The summed E-state index contributed by atoms with van der Waals surface area (Å²) in [5.41, 5.74) is 4.50. The van der Waals surface area contributed by atoms with Crippen molar-refractivity contribution in [1.29, 1.82) is 0 Å². The number of amides is 1. The number of carbonyl (C=O) groups is 1. The van der Waals surface area contributed by atoms with Crippen LogP contribution >= 0.6 is 0 Å². The largest absolute Gasteiger partial charge is 0.354 e. The van der Waals surface area contributed by atoms with Crippen LogP contribution in [0.15, 0.2) is 71.6 Å². The van der Waals surface area contributed by atoms with Gasteiger partial charge in [-0.05, 0) is 49.4 Å². The van der Waals surface area contributed by atoms with Crippen LogP contribution in [-0.2, 0) is 14.8 Å². The zero-order valence-electron chi connectivity index (χ0n) is 15.9. The number of nitrogens with one attached hydrogen (secondary N) is 2. The molecule has 0 atom stereocenters. The number of rotatable bonds is 4. The highest BCUT2D eigenvalue weighted by Gasteiger charge is 2.15. The van der Waals surface area contributed by atoms with E-state index in [2.05, 4.69) is 11.4 Å². The third kappa shape index (κ3) is 3.77. The van der Waals surface area contributed by atoms with Crippen molar-refractivity contribution in [2.75, 3.05) is 5.32 Å². The van der Waals surface area contributed by atoms with Crippen molar-refractivity contribution in [2.45, 2.75) is 18.7 Å². The molecule has 6 nitrogen and oxygen atoms in total. The molecule has 3 aromatic carbocycles. The fourth-order valence-electron chi connectivity index (χ4n) is 3.25. The molecule has 1 heterocycles. The van der Waals surface area contributed by atoms with Gasteiger partial charge in [0.2, 0.25) is 5.91 Å². The molecule has 0 spiro atoms. The average Bonchev–Trinajstić information content (AvgIpc) is 2.68. The van der Waals surface area contributed by atoms with Crippen molar-refractivity contribution in [3.05, 3.63) is 72.3 Å². The fraction of sp³-hybridized carbons (Fsp3) is 0.0909. The van der Waals surface area contributed by atoms with E-state index < -0.39 is 15.9 Å². The molecule has 4 rings (SSSR count). The summed E-state index contributed by atoms with van der Waals surface area (Å²) < 4.78 is 26.2. The number of carbonyl (C=O) groups excluding carboxylic acids is 1. The van der Waals surface area contributed by atoms with Gasteiger partial charge < -0.3 is 5.32 Å². The molecule has 0 aliphatic heterocycles. The van der Waals surface area contributed by atoms with Crippen LogP contribution in [0.3, 0.4) is 0 Å². The minimum absolute atomic E-state index is 0.0264. The minimum atomic E-state index is -3.86. The Labute approximate surface area is 168 Å². The van der Waals surface area contributed by atoms with Gasteiger partial charge in [0.15, 0.2) is 0 Å². The van der Waals surface area contributed by atoms with Crippen molar-refractivity contribution in [3.63, 3.8) is 0 Å². The molecule has 0 radical (unpaired) electrons. The Morgan fingerprint density at radius 2 is 1.59 bits per heavy atom. The lowest BCUT2D eigenvalue weighted by atomic mass is 10.1. The standard InChI is InChI=1S/C22H19N3O3S/c1-14-7-12-21-19(13-14)22(18-5-3-4-6-20(18)24-21)23-16-8-10-17(11-9-16)29(27,28)25-15(2)26/h3-13H,1-2H3,(H,23,24)(H,25,26). The van der Waals surface area contributed by atoms with Gasteiger partial charge in [-0.3, -0.25) is 4.79 Å². The van der Waals surface area contributed by atoms with Crippen LogP contribution < -0.4 is 10.0 Å². The number of para-hydroxylation sites is 1. The van der Waals surface area contributed by atoms with E-state index in [9.17, 15) is 13.2 Å². The van der Waals surface area contributed by atoms with Crippen LogP contribution in [0.1, 0.15) is 12.5 Å². The minimum Gasteiger partial charge on any atom is -0.354 e. The number of fused-ring (bicyclic) bond motifs is 2. The van der Waals surface area contributed by atoms with Crippen LogP contribution in [0.5, 0.6) is 0 Å². The van der Waals surface area contributed by atoms with Gasteiger partial charge in [-0.1, -0.05) is 29.8 Å². The first-order valence-electron chi connectivity index (χ1n) is 9.03. The summed E-state index contributed by atoms with van der Waals surface area (Å²) in [5.74, 6) is -0.628. The van der Waals surface area contributed by atoms with Gasteiger partial charge in [0, 0.05) is 23.4 Å². The molecule has 0 unspecified atom stereocenters.